The molecule has 1 aromatic rings. The molecule has 1 rings (SSSR count). The number of benzene rings is 1. The van der Waals surface area contributed by atoms with Gasteiger partial charge in [-0.1, -0.05) is 51.9 Å². The molecule has 0 unspecified atom stereocenters. The third-order valence-corrected chi connectivity index (χ3v) is 3.86. The Morgan fingerprint density at radius 2 is 1.43 bits per heavy atom. The molecule has 0 bridgehead atoms. The first-order chi connectivity index (χ1) is 10.2. The summed E-state index contributed by atoms with van der Waals surface area (Å²) >= 11 is 0. The fourth-order valence-electron chi connectivity index (χ4n) is 2.69. The average molecular weight is 290 g/mol. The first-order valence-corrected chi connectivity index (χ1v) is 8.38. The molecule has 118 valence electrons. The van der Waals surface area contributed by atoms with E-state index in [4.69, 9.17) is 4.74 Å². The zero-order valence-electron chi connectivity index (χ0n) is 13.9. The molecule has 0 aliphatic heterocycles. The van der Waals surface area contributed by atoms with Crippen LogP contribution in [0.15, 0.2) is 12.1 Å². The Bertz CT molecular complexity index is 401. The van der Waals surface area contributed by atoms with E-state index in [0.717, 1.165) is 41.8 Å². The van der Waals surface area contributed by atoms with Crippen molar-refractivity contribution in [1.29, 1.82) is 0 Å². The lowest BCUT2D eigenvalue weighted by Gasteiger charge is -2.12. The van der Waals surface area contributed by atoms with Gasteiger partial charge in [-0.25, -0.2) is 0 Å². The lowest BCUT2D eigenvalue weighted by Crippen LogP contribution is -2.01. The Morgan fingerprint density at radius 3 is 1.95 bits per heavy atom. The summed E-state index contributed by atoms with van der Waals surface area (Å²) < 4.78 is 5.90. The summed E-state index contributed by atoms with van der Waals surface area (Å²) in [6.45, 7) is 7.03. The number of aldehydes is 1. The van der Waals surface area contributed by atoms with Crippen LogP contribution in [-0.2, 0) is 0 Å². The van der Waals surface area contributed by atoms with Crippen molar-refractivity contribution >= 4 is 6.29 Å². The van der Waals surface area contributed by atoms with Gasteiger partial charge >= 0.3 is 0 Å². The summed E-state index contributed by atoms with van der Waals surface area (Å²) in [7, 11) is 0. The molecule has 0 atom stereocenters. The predicted octanol–water partition coefficient (Wildman–Crippen LogP) is 5.64. The first-order valence-electron chi connectivity index (χ1n) is 8.38. The summed E-state index contributed by atoms with van der Waals surface area (Å²) in [6.07, 6.45) is 11.4. The maximum atomic E-state index is 10.8. The second kappa shape index (κ2) is 10.4. The van der Waals surface area contributed by atoms with Gasteiger partial charge in [-0.3, -0.25) is 4.79 Å². The molecule has 0 saturated heterocycles. The lowest BCUT2D eigenvalue weighted by atomic mass is 10.1. The van der Waals surface area contributed by atoms with Gasteiger partial charge in [-0.2, -0.15) is 0 Å². The van der Waals surface area contributed by atoms with Crippen LogP contribution in [-0.4, -0.2) is 12.9 Å². The number of hydrogen-bond acceptors (Lipinski definition) is 2. The molecule has 0 N–H and O–H groups in total. The maximum Gasteiger partial charge on any atom is 0.150 e. The van der Waals surface area contributed by atoms with E-state index in [0.29, 0.717) is 0 Å². The van der Waals surface area contributed by atoms with Crippen molar-refractivity contribution in [3.63, 3.8) is 0 Å². The third-order valence-electron chi connectivity index (χ3n) is 3.86. The van der Waals surface area contributed by atoms with Crippen LogP contribution in [0.2, 0.25) is 0 Å². The lowest BCUT2D eigenvalue weighted by molar-refractivity contribution is 0.112. The van der Waals surface area contributed by atoms with Crippen molar-refractivity contribution in [3.05, 3.63) is 28.8 Å². The standard InChI is InChI=1S/C19H30O2/c1-4-5-6-7-8-9-10-11-12-21-19-16(2)13-18(15-20)14-17(19)3/h13-15H,4-12H2,1-3H3. The number of ether oxygens (including phenoxy) is 1. The fraction of sp³-hybridized carbons (Fsp3) is 0.632. The van der Waals surface area contributed by atoms with Crippen LogP contribution in [0.25, 0.3) is 0 Å². The van der Waals surface area contributed by atoms with Crippen molar-refractivity contribution < 1.29 is 9.53 Å². The SMILES string of the molecule is CCCCCCCCCCOc1c(C)cc(C=O)cc1C. The second-order valence-corrected chi connectivity index (χ2v) is 5.93. The summed E-state index contributed by atoms with van der Waals surface area (Å²) in [5, 5.41) is 0. The quantitative estimate of drug-likeness (QED) is 0.389. The van der Waals surface area contributed by atoms with Crippen LogP contribution in [0.5, 0.6) is 5.75 Å². The van der Waals surface area contributed by atoms with Crippen molar-refractivity contribution in [2.45, 2.75) is 72.1 Å². The smallest absolute Gasteiger partial charge is 0.150 e. The zero-order chi connectivity index (χ0) is 15.5. The van der Waals surface area contributed by atoms with Crippen molar-refractivity contribution in [2.75, 3.05) is 6.61 Å². The Balaban J connectivity index is 2.20. The van der Waals surface area contributed by atoms with E-state index in [1.807, 2.05) is 26.0 Å². The highest BCUT2D eigenvalue weighted by atomic mass is 16.5. The number of hydrogen-bond donors (Lipinski definition) is 0. The molecule has 0 aliphatic rings. The van der Waals surface area contributed by atoms with E-state index < -0.39 is 0 Å². The molecule has 0 saturated carbocycles. The number of rotatable bonds is 11. The zero-order valence-corrected chi connectivity index (χ0v) is 13.9. The predicted molar refractivity (Wildman–Crippen MR) is 89.4 cm³/mol. The molecule has 21 heavy (non-hydrogen) atoms. The van der Waals surface area contributed by atoms with E-state index >= 15 is 0 Å². The number of unbranched alkanes of at least 4 members (excludes halogenated alkanes) is 7. The van der Waals surface area contributed by atoms with Gasteiger partial charge in [0.25, 0.3) is 0 Å². The van der Waals surface area contributed by atoms with Gasteiger partial charge in [0, 0.05) is 5.56 Å². The summed E-state index contributed by atoms with van der Waals surface area (Å²) in [4.78, 5) is 10.8. The van der Waals surface area contributed by atoms with Gasteiger partial charge in [0.15, 0.2) is 0 Å². The van der Waals surface area contributed by atoms with Crippen LogP contribution in [0.3, 0.4) is 0 Å². The number of aryl methyl sites for hydroxylation is 2. The first kappa shape index (κ1) is 17.7. The van der Waals surface area contributed by atoms with E-state index in [1.165, 1.54) is 44.9 Å². The van der Waals surface area contributed by atoms with Crippen LogP contribution >= 0.6 is 0 Å². The van der Waals surface area contributed by atoms with Crippen LogP contribution < -0.4 is 4.74 Å². The molecule has 0 radical (unpaired) electrons. The highest BCUT2D eigenvalue weighted by molar-refractivity contribution is 5.76. The summed E-state index contributed by atoms with van der Waals surface area (Å²) in [5.41, 5.74) is 2.83. The molecule has 2 heteroatoms. The normalized spacial score (nSPS) is 10.6. The summed E-state index contributed by atoms with van der Waals surface area (Å²) in [5.74, 6) is 0.948. The topological polar surface area (TPSA) is 26.3 Å². The highest BCUT2D eigenvalue weighted by Crippen LogP contribution is 2.24. The largest absolute Gasteiger partial charge is 0.493 e. The monoisotopic (exact) mass is 290 g/mol. The Labute approximate surface area is 129 Å². The van der Waals surface area contributed by atoms with Gasteiger partial charge in [0.2, 0.25) is 0 Å². The highest BCUT2D eigenvalue weighted by Gasteiger charge is 2.06. The average Bonchev–Trinajstić information content (AvgIpc) is 2.47. The second-order valence-electron chi connectivity index (χ2n) is 5.93. The van der Waals surface area contributed by atoms with Gasteiger partial charge < -0.3 is 4.74 Å². The maximum absolute atomic E-state index is 10.8. The van der Waals surface area contributed by atoms with Gasteiger partial charge in [0.05, 0.1) is 6.61 Å². The van der Waals surface area contributed by atoms with E-state index in [2.05, 4.69) is 6.92 Å². The molecule has 0 heterocycles. The van der Waals surface area contributed by atoms with Gasteiger partial charge in [-0.05, 0) is 43.5 Å². The van der Waals surface area contributed by atoms with Crippen molar-refractivity contribution in [2.24, 2.45) is 0 Å². The molecule has 0 aliphatic carbocycles. The molecule has 0 amide bonds. The van der Waals surface area contributed by atoms with Crippen LogP contribution in [0, 0.1) is 13.8 Å². The molecule has 0 aromatic heterocycles. The van der Waals surface area contributed by atoms with Crippen LogP contribution in [0.1, 0.15) is 79.8 Å². The van der Waals surface area contributed by atoms with E-state index in [1.54, 1.807) is 0 Å². The summed E-state index contributed by atoms with van der Waals surface area (Å²) in [6, 6.07) is 3.78. The van der Waals surface area contributed by atoms with Crippen LogP contribution in [0.4, 0.5) is 0 Å². The number of carbonyl (C=O) groups excluding carboxylic acids is 1. The Kier molecular flexibility index (Phi) is 8.80. The Morgan fingerprint density at radius 1 is 0.905 bits per heavy atom. The molecule has 2 nitrogen and oxygen atoms in total. The van der Waals surface area contributed by atoms with Gasteiger partial charge in [-0.15, -0.1) is 0 Å². The van der Waals surface area contributed by atoms with E-state index in [-0.39, 0.29) is 0 Å². The van der Waals surface area contributed by atoms with E-state index in [9.17, 15) is 4.79 Å². The third kappa shape index (κ3) is 6.79. The van der Waals surface area contributed by atoms with Gasteiger partial charge in [0.1, 0.15) is 12.0 Å². The van der Waals surface area contributed by atoms with Crippen molar-refractivity contribution in [3.8, 4) is 5.75 Å². The molecule has 1 aromatic carbocycles. The Hall–Kier alpha value is -1.31. The molecule has 0 spiro atoms. The molecule has 0 fully saturated rings. The minimum atomic E-state index is 0.726. The van der Waals surface area contributed by atoms with Crippen molar-refractivity contribution in [1.82, 2.24) is 0 Å². The number of carbonyl (C=O) groups is 1. The minimum Gasteiger partial charge on any atom is -0.493 e. The molecular weight excluding hydrogens is 260 g/mol. The minimum absolute atomic E-state index is 0.726. The molecular formula is C19H30O2. The fourth-order valence-corrected chi connectivity index (χ4v) is 2.69.